The molecule has 100 valence electrons. The summed E-state index contributed by atoms with van der Waals surface area (Å²) in [5.41, 5.74) is 2.93. The van der Waals surface area contributed by atoms with Gasteiger partial charge in [-0.15, -0.1) is 0 Å². The molecule has 1 aromatic carbocycles. The first-order valence-electron chi connectivity index (χ1n) is 6.51. The van der Waals surface area contributed by atoms with Gasteiger partial charge in [0.05, 0.1) is 12.3 Å². The van der Waals surface area contributed by atoms with E-state index in [0.29, 0.717) is 6.61 Å². The van der Waals surface area contributed by atoms with Crippen molar-refractivity contribution in [3.05, 3.63) is 41.5 Å². The van der Waals surface area contributed by atoms with Crippen LogP contribution in [0.15, 0.2) is 40.9 Å². The standard InChI is InChI=1S/C16H19NO2/c1-5-19-15(18)16(4)11(2)14(17-12(16)3)13-9-7-6-8-10-13/h6-10H,5H2,1-4H3. The van der Waals surface area contributed by atoms with E-state index in [1.54, 1.807) is 0 Å². The third-order valence-electron chi connectivity index (χ3n) is 3.84. The number of hydrogen-bond donors (Lipinski definition) is 0. The molecule has 0 amide bonds. The van der Waals surface area contributed by atoms with Crippen LogP contribution in [0, 0.1) is 5.41 Å². The lowest BCUT2D eigenvalue weighted by atomic mass is 9.79. The van der Waals surface area contributed by atoms with Crippen molar-refractivity contribution in [2.75, 3.05) is 6.61 Å². The summed E-state index contributed by atoms with van der Waals surface area (Å²) in [5.74, 6) is -0.223. The molecule has 0 aliphatic carbocycles. The number of ether oxygens (including phenoxy) is 1. The average Bonchev–Trinajstić information content (AvgIpc) is 2.65. The average molecular weight is 257 g/mol. The maximum Gasteiger partial charge on any atom is 0.321 e. The molecule has 1 heterocycles. The molecule has 0 spiro atoms. The summed E-state index contributed by atoms with van der Waals surface area (Å²) >= 11 is 0. The van der Waals surface area contributed by atoms with E-state index in [1.165, 1.54) is 0 Å². The van der Waals surface area contributed by atoms with Crippen LogP contribution in [0.3, 0.4) is 0 Å². The van der Waals surface area contributed by atoms with Gasteiger partial charge in [-0.2, -0.15) is 0 Å². The lowest BCUT2D eigenvalue weighted by Gasteiger charge is -2.24. The molecule has 19 heavy (non-hydrogen) atoms. The summed E-state index contributed by atoms with van der Waals surface area (Å²) in [6.07, 6.45) is 0. The maximum atomic E-state index is 12.2. The van der Waals surface area contributed by atoms with Gasteiger partial charge in [0.15, 0.2) is 0 Å². The van der Waals surface area contributed by atoms with Crippen molar-refractivity contribution in [1.82, 2.24) is 0 Å². The van der Waals surface area contributed by atoms with Crippen LogP contribution in [0.25, 0.3) is 5.70 Å². The highest BCUT2D eigenvalue weighted by atomic mass is 16.5. The van der Waals surface area contributed by atoms with Crippen LogP contribution >= 0.6 is 0 Å². The van der Waals surface area contributed by atoms with Crippen molar-refractivity contribution in [1.29, 1.82) is 0 Å². The summed E-state index contributed by atoms with van der Waals surface area (Å²) < 4.78 is 5.20. The summed E-state index contributed by atoms with van der Waals surface area (Å²) in [6.45, 7) is 7.93. The number of carbonyl (C=O) groups is 1. The van der Waals surface area contributed by atoms with Gasteiger partial charge in [0.25, 0.3) is 0 Å². The van der Waals surface area contributed by atoms with E-state index in [2.05, 4.69) is 4.99 Å². The van der Waals surface area contributed by atoms with E-state index in [9.17, 15) is 4.79 Å². The van der Waals surface area contributed by atoms with Crippen molar-refractivity contribution in [2.45, 2.75) is 27.7 Å². The van der Waals surface area contributed by atoms with Gasteiger partial charge in [-0.25, -0.2) is 0 Å². The molecule has 3 nitrogen and oxygen atoms in total. The predicted octanol–water partition coefficient (Wildman–Crippen LogP) is 3.46. The number of aliphatic imine (C=N–C) groups is 1. The fourth-order valence-electron chi connectivity index (χ4n) is 2.32. The molecule has 1 aliphatic rings. The third-order valence-corrected chi connectivity index (χ3v) is 3.84. The lowest BCUT2D eigenvalue weighted by Crippen LogP contribution is -2.35. The molecule has 0 saturated carbocycles. The molecule has 1 unspecified atom stereocenters. The van der Waals surface area contributed by atoms with Gasteiger partial charge >= 0.3 is 5.97 Å². The molecule has 0 radical (unpaired) electrons. The minimum Gasteiger partial charge on any atom is -0.465 e. The number of nitrogens with zero attached hydrogens (tertiary/aromatic N) is 1. The fraction of sp³-hybridized carbons (Fsp3) is 0.375. The molecule has 0 saturated heterocycles. The molecule has 0 N–H and O–H groups in total. The molecule has 1 aliphatic heterocycles. The van der Waals surface area contributed by atoms with Crippen molar-refractivity contribution in [3.63, 3.8) is 0 Å². The van der Waals surface area contributed by atoms with E-state index < -0.39 is 5.41 Å². The monoisotopic (exact) mass is 257 g/mol. The number of hydrogen-bond acceptors (Lipinski definition) is 3. The van der Waals surface area contributed by atoms with Crippen LogP contribution in [0.4, 0.5) is 0 Å². The van der Waals surface area contributed by atoms with Gasteiger partial charge in [0.1, 0.15) is 5.41 Å². The SMILES string of the molecule is CCOC(=O)C1(C)C(C)=NC(c2ccccc2)=C1C. The van der Waals surface area contributed by atoms with Crippen molar-refractivity contribution < 1.29 is 9.53 Å². The third kappa shape index (κ3) is 2.09. The minimum atomic E-state index is -0.735. The Morgan fingerprint density at radius 1 is 1.26 bits per heavy atom. The smallest absolute Gasteiger partial charge is 0.321 e. The quantitative estimate of drug-likeness (QED) is 0.778. The minimum absolute atomic E-state index is 0.223. The van der Waals surface area contributed by atoms with E-state index in [-0.39, 0.29) is 5.97 Å². The van der Waals surface area contributed by atoms with Gasteiger partial charge in [0, 0.05) is 11.3 Å². The zero-order valence-electron chi connectivity index (χ0n) is 11.9. The summed E-state index contributed by atoms with van der Waals surface area (Å²) in [7, 11) is 0. The first-order valence-corrected chi connectivity index (χ1v) is 6.51. The Morgan fingerprint density at radius 2 is 1.89 bits per heavy atom. The molecule has 1 aromatic rings. The van der Waals surface area contributed by atoms with Crippen molar-refractivity contribution in [2.24, 2.45) is 10.4 Å². The van der Waals surface area contributed by atoms with Gasteiger partial charge in [-0.1, -0.05) is 30.3 Å². The summed E-state index contributed by atoms with van der Waals surface area (Å²) in [4.78, 5) is 16.8. The normalized spacial score (nSPS) is 22.4. The Hall–Kier alpha value is -1.90. The van der Waals surface area contributed by atoms with Crippen LogP contribution < -0.4 is 0 Å². The molecule has 0 bridgehead atoms. The highest BCUT2D eigenvalue weighted by Gasteiger charge is 2.44. The number of esters is 1. The zero-order chi connectivity index (χ0) is 14.0. The van der Waals surface area contributed by atoms with E-state index in [1.807, 2.05) is 58.0 Å². The predicted molar refractivity (Wildman–Crippen MR) is 76.9 cm³/mol. The van der Waals surface area contributed by atoms with Gasteiger partial charge in [-0.05, 0) is 33.3 Å². The van der Waals surface area contributed by atoms with Gasteiger partial charge in [-0.3, -0.25) is 9.79 Å². The van der Waals surface area contributed by atoms with Gasteiger partial charge < -0.3 is 4.74 Å². The second kappa shape index (κ2) is 5.00. The number of rotatable bonds is 3. The Labute approximate surface area is 114 Å². The molecule has 0 fully saturated rings. The van der Waals surface area contributed by atoms with Gasteiger partial charge in [0.2, 0.25) is 0 Å². The summed E-state index contributed by atoms with van der Waals surface area (Å²) in [5, 5.41) is 0. The first-order chi connectivity index (χ1) is 9.01. The van der Waals surface area contributed by atoms with Crippen LogP contribution in [-0.2, 0) is 9.53 Å². The van der Waals surface area contributed by atoms with E-state index >= 15 is 0 Å². The van der Waals surface area contributed by atoms with Crippen molar-refractivity contribution in [3.8, 4) is 0 Å². The molecular formula is C16H19NO2. The Bertz CT molecular complexity index is 557. The van der Waals surface area contributed by atoms with Crippen LogP contribution in [0.1, 0.15) is 33.3 Å². The zero-order valence-corrected chi connectivity index (χ0v) is 11.9. The molecular weight excluding hydrogens is 238 g/mol. The first kappa shape index (κ1) is 13.5. The molecule has 3 heteroatoms. The largest absolute Gasteiger partial charge is 0.465 e. The molecule has 2 rings (SSSR count). The fourth-order valence-corrected chi connectivity index (χ4v) is 2.32. The van der Waals surface area contributed by atoms with E-state index in [0.717, 1.165) is 22.5 Å². The highest BCUT2D eigenvalue weighted by Crippen LogP contribution is 2.42. The molecule has 1 atom stereocenters. The highest BCUT2D eigenvalue weighted by molar-refractivity contribution is 6.14. The Morgan fingerprint density at radius 3 is 2.47 bits per heavy atom. The van der Waals surface area contributed by atoms with Crippen LogP contribution in [0.2, 0.25) is 0 Å². The Kier molecular flexibility index (Phi) is 3.56. The molecule has 0 aromatic heterocycles. The Balaban J connectivity index is 2.48. The second-order valence-electron chi connectivity index (χ2n) is 4.88. The lowest BCUT2D eigenvalue weighted by molar-refractivity contribution is -0.148. The van der Waals surface area contributed by atoms with Crippen molar-refractivity contribution >= 4 is 17.4 Å². The van der Waals surface area contributed by atoms with Crippen LogP contribution in [-0.4, -0.2) is 18.3 Å². The van der Waals surface area contributed by atoms with E-state index in [4.69, 9.17) is 4.74 Å². The maximum absolute atomic E-state index is 12.2. The van der Waals surface area contributed by atoms with Crippen LogP contribution in [0.5, 0.6) is 0 Å². The topological polar surface area (TPSA) is 38.7 Å². The number of carbonyl (C=O) groups excluding carboxylic acids is 1. The number of benzene rings is 1. The second-order valence-corrected chi connectivity index (χ2v) is 4.88. The summed E-state index contributed by atoms with van der Waals surface area (Å²) in [6, 6.07) is 9.93.